The van der Waals surface area contributed by atoms with E-state index >= 15 is 0 Å². The predicted molar refractivity (Wildman–Crippen MR) is 64.8 cm³/mol. The lowest BCUT2D eigenvalue weighted by Crippen LogP contribution is -2.34. The third-order valence-electron chi connectivity index (χ3n) is 2.56. The second-order valence-electron chi connectivity index (χ2n) is 3.97. The Morgan fingerprint density at radius 3 is 2.82 bits per heavy atom. The van der Waals surface area contributed by atoms with Crippen LogP contribution in [0.25, 0.3) is 0 Å². The van der Waals surface area contributed by atoms with Crippen LogP contribution in [0.3, 0.4) is 0 Å². The standard InChI is InChI=1S/C13H17N3O/c1-4-16(13(17)10(2)8-14)9-12-7-5-6-11(3)15-12/h5-7,10H,4,9H2,1-3H3. The van der Waals surface area contributed by atoms with Crippen molar-refractivity contribution in [3.63, 3.8) is 0 Å². The first-order chi connectivity index (χ1) is 8.08. The number of nitriles is 1. The summed E-state index contributed by atoms with van der Waals surface area (Å²) in [5, 5.41) is 8.75. The van der Waals surface area contributed by atoms with Gasteiger partial charge in [0.25, 0.3) is 0 Å². The molecule has 0 saturated carbocycles. The lowest BCUT2D eigenvalue weighted by molar-refractivity contribution is -0.133. The monoisotopic (exact) mass is 231 g/mol. The number of aryl methyl sites for hydroxylation is 1. The molecule has 0 fully saturated rings. The van der Waals surface area contributed by atoms with Crippen LogP contribution >= 0.6 is 0 Å². The van der Waals surface area contributed by atoms with E-state index in [0.29, 0.717) is 13.1 Å². The van der Waals surface area contributed by atoms with Crippen molar-refractivity contribution in [2.75, 3.05) is 6.54 Å². The Bertz CT molecular complexity index is 437. The number of amides is 1. The molecule has 0 aliphatic heterocycles. The summed E-state index contributed by atoms with van der Waals surface area (Å²) in [5.74, 6) is -0.738. The van der Waals surface area contributed by atoms with Gasteiger partial charge in [0.1, 0.15) is 5.92 Å². The van der Waals surface area contributed by atoms with Crippen LogP contribution in [0.15, 0.2) is 18.2 Å². The summed E-state index contributed by atoms with van der Waals surface area (Å²) in [6.45, 7) is 6.48. The summed E-state index contributed by atoms with van der Waals surface area (Å²) in [7, 11) is 0. The SMILES string of the molecule is CCN(Cc1cccc(C)n1)C(=O)C(C)C#N. The number of hydrogen-bond acceptors (Lipinski definition) is 3. The van der Waals surface area contributed by atoms with Gasteiger partial charge in [0.05, 0.1) is 18.3 Å². The van der Waals surface area contributed by atoms with Gasteiger partial charge in [0, 0.05) is 12.2 Å². The van der Waals surface area contributed by atoms with E-state index in [1.807, 2.05) is 38.1 Å². The Morgan fingerprint density at radius 1 is 1.59 bits per heavy atom. The maximum atomic E-state index is 11.9. The lowest BCUT2D eigenvalue weighted by atomic mass is 10.1. The van der Waals surface area contributed by atoms with Crippen LogP contribution in [-0.4, -0.2) is 22.3 Å². The molecule has 0 radical (unpaired) electrons. The summed E-state index contributed by atoms with van der Waals surface area (Å²) in [6, 6.07) is 7.69. The van der Waals surface area contributed by atoms with Crippen LogP contribution < -0.4 is 0 Å². The molecule has 0 N–H and O–H groups in total. The van der Waals surface area contributed by atoms with Crippen molar-refractivity contribution in [2.24, 2.45) is 5.92 Å². The Labute approximate surface area is 102 Å². The lowest BCUT2D eigenvalue weighted by Gasteiger charge is -2.21. The quantitative estimate of drug-likeness (QED) is 0.795. The molecular weight excluding hydrogens is 214 g/mol. The van der Waals surface area contributed by atoms with Crippen molar-refractivity contribution in [3.05, 3.63) is 29.6 Å². The highest BCUT2D eigenvalue weighted by Gasteiger charge is 2.19. The fourth-order valence-corrected chi connectivity index (χ4v) is 1.56. The number of rotatable bonds is 4. The molecule has 1 unspecified atom stereocenters. The molecular formula is C13H17N3O. The molecule has 0 aliphatic rings. The highest BCUT2D eigenvalue weighted by molar-refractivity contribution is 5.80. The smallest absolute Gasteiger partial charge is 0.239 e. The van der Waals surface area contributed by atoms with Gasteiger partial charge in [-0.05, 0) is 32.9 Å². The molecule has 0 spiro atoms. The third kappa shape index (κ3) is 3.56. The molecule has 1 amide bonds. The minimum atomic E-state index is -0.597. The molecule has 1 atom stereocenters. The first kappa shape index (κ1) is 13.2. The van der Waals surface area contributed by atoms with Gasteiger partial charge < -0.3 is 4.90 Å². The average molecular weight is 231 g/mol. The zero-order valence-corrected chi connectivity index (χ0v) is 10.5. The third-order valence-corrected chi connectivity index (χ3v) is 2.56. The summed E-state index contributed by atoms with van der Waals surface area (Å²) in [4.78, 5) is 17.9. The second-order valence-corrected chi connectivity index (χ2v) is 3.97. The summed E-state index contributed by atoms with van der Waals surface area (Å²) in [5.41, 5.74) is 1.78. The van der Waals surface area contributed by atoms with E-state index in [-0.39, 0.29) is 5.91 Å². The van der Waals surface area contributed by atoms with E-state index in [0.717, 1.165) is 11.4 Å². The number of hydrogen-bond donors (Lipinski definition) is 0. The highest BCUT2D eigenvalue weighted by Crippen LogP contribution is 2.07. The molecule has 4 heteroatoms. The van der Waals surface area contributed by atoms with Gasteiger partial charge in [-0.1, -0.05) is 6.07 Å². The number of carbonyl (C=O) groups is 1. The fourth-order valence-electron chi connectivity index (χ4n) is 1.56. The molecule has 1 heterocycles. The van der Waals surface area contributed by atoms with Gasteiger partial charge in [0.2, 0.25) is 5.91 Å². The van der Waals surface area contributed by atoms with Crippen molar-refractivity contribution in [1.29, 1.82) is 5.26 Å². The fraction of sp³-hybridized carbons (Fsp3) is 0.462. The Hall–Kier alpha value is -1.89. The van der Waals surface area contributed by atoms with Crippen molar-refractivity contribution in [2.45, 2.75) is 27.3 Å². The van der Waals surface area contributed by atoms with E-state index in [1.54, 1.807) is 11.8 Å². The largest absolute Gasteiger partial charge is 0.336 e. The van der Waals surface area contributed by atoms with Crippen LogP contribution in [0, 0.1) is 24.2 Å². The van der Waals surface area contributed by atoms with E-state index in [1.165, 1.54) is 0 Å². The maximum Gasteiger partial charge on any atom is 0.239 e. The molecule has 0 saturated heterocycles. The minimum Gasteiger partial charge on any atom is -0.336 e. The molecule has 90 valence electrons. The number of aromatic nitrogens is 1. The van der Waals surface area contributed by atoms with Gasteiger partial charge in [-0.2, -0.15) is 5.26 Å². The summed E-state index contributed by atoms with van der Waals surface area (Å²) < 4.78 is 0. The van der Waals surface area contributed by atoms with E-state index in [4.69, 9.17) is 5.26 Å². The van der Waals surface area contributed by atoms with Crippen LogP contribution in [0.2, 0.25) is 0 Å². The van der Waals surface area contributed by atoms with Crippen LogP contribution in [0.4, 0.5) is 0 Å². The molecule has 0 aromatic carbocycles. The molecule has 1 aromatic heterocycles. The van der Waals surface area contributed by atoms with Crippen LogP contribution in [0.1, 0.15) is 25.2 Å². The maximum absolute atomic E-state index is 11.9. The van der Waals surface area contributed by atoms with Gasteiger partial charge in [-0.15, -0.1) is 0 Å². The summed E-state index contributed by atoms with van der Waals surface area (Å²) >= 11 is 0. The predicted octanol–water partition coefficient (Wildman–Crippen LogP) is 1.90. The zero-order valence-electron chi connectivity index (χ0n) is 10.5. The topological polar surface area (TPSA) is 57.0 Å². The molecule has 17 heavy (non-hydrogen) atoms. The van der Waals surface area contributed by atoms with Crippen molar-refractivity contribution in [3.8, 4) is 6.07 Å². The van der Waals surface area contributed by atoms with Crippen molar-refractivity contribution >= 4 is 5.91 Å². The molecule has 0 aliphatic carbocycles. The normalized spacial score (nSPS) is 11.6. The molecule has 4 nitrogen and oxygen atoms in total. The average Bonchev–Trinajstić information content (AvgIpc) is 2.34. The first-order valence-electron chi connectivity index (χ1n) is 5.69. The molecule has 1 aromatic rings. The Balaban J connectivity index is 2.77. The van der Waals surface area contributed by atoms with E-state index < -0.39 is 5.92 Å². The van der Waals surface area contributed by atoms with Gasteiger partial charge in [0.15, 0.2) is 0 Å². The molecule has 1 rings (SSSR count). The van der Waals surface area contributed by atoms with Crippen LogP contribution in [0.5, 0.6) is 0 Å². The molecule has 0 bridgehead atoms. The van der Waals surface area contributed by atoms with E-state index in [2.05, 4.69) is 4.98 Å². The number of nitrogens with zero attached hydrogens (tertiary/aromatic N) is 3. The van der Waals surface area contributed by atoms with Crippen molar-refractivity contribution < 1.29 is 4.79 Å². The van der Waals surface area contributed by atoms with Crippen LogP contribution in [-0.2, 0) is 11.3 Å². The highest BCUT2D eigenvalue weighted by atomic mass is 16.2. The van der Waals surface area contributed by atoms with Crippen molar-refractivity contribution in [1.82, 2.24) is 9.88 Å². The van der Waals surface area contributed by atoms with Gasteiger partial charge >= 0.3 is 0 Å². The second kappa shape index (κ2) is 6.00. The summed E-state index contributed by atoms with van der Waals surface area (Å²) in [6.07, 6.45) is 0. The number of pyridine rings is 1. The zero-order chi connectivity index (χ0) is 12.8. The Morgan fingerprint density at radius 2 is 2.29 bits per heavy atom. The first-order valence-corrected chi connectivity index (χ1v) is 5.69. The van der Waals surface area contributed by atoms with Gasteiger partial charge in [-0.3, -0.25) is 9.78 Å². The van der Waals surface area contributed by atoms with Gasteiger partial charge in [-0.25, -0.2) is 0 Å². The minimum absolute atomic E-state index is 0.140. The Kier molecular flexibility index (Phi) is 4.65. The number of carbonyl (C=O) groups excluding carboxylic acids is 1. The van der Waals surface area contributed by atoms with E-state index in [9.17, 15) is 4.79 Å².